The van der Waals surface area contributed by atoms with Crippen LogP contribution in [0.2, 0.25) is 0 Å². The van der Waals surface area contributed by atoms with Crippen LogP contribution in [0.4, 0.5) is 5.82 Å². The number of piperidine rings is 1. The summed E-state index contributed by atoms with van der Waals surface area (Å²) in [6, 6.07) is 19.0. The average Bonchev–Trinajstić information content (AvgIpc) is 3.33. The highest BCUT2D eigenvalue weighted by atomic mass is 16.5. The minimum Gasteiger partial charge on any atom is -0.473 e. The van der Waals surface area contributed by atoms with Crippen LogP contribution in [-0.4, -0.2) is 79.2 Å². The molecule has 3 unspecified atom stereocenters. The number of hydrogen-bond donors (Lipinski definition) is 0. The van der Waals surface area contributed by atoms with Crippen LogP contribution in [0.15, 0.2) is 59.1 Å². The number of benzene rings is 2. The minimum atomic E-state index is -0.352. The maximum absolute atomic E-state index is 6.80. The Labute approximate surface area is 201 Å². The van der Waals surface area contributed by atoms with Crippen LogP contribution in [0, 0.1) is 5.92 Å². The Kier molecular flexibility index (Phi) is 5.93. The van der Waals surface area contributed by atoms with E-state index in [4.69, 9.17) is 14.0 Å². The Morgan fingerprint density at radius 3 is 2.56 bits per heavy atom. The maximum Gasteiger partial charge on any atom is 0.180 e. The van der Waals surface area contributed by atoms with Gasteiger partial charge in [-0.05, 0) is 44.0 Å². The first-order chi connectivity index (χ1) is 16.7. The van der Waals surface area contributed by atoms with Crippen molar-refractivity contribution in [2.75, 3.05) is 57.4 Å². The van der Waals surface area contributed by atoms with Crippen LogP contribution in [-0.2, 0) is 4.74 Å². The van der Waals surface area contributed by atoms with Crippen molar-refractivity contribution in [1.29, 1.82) is 0 Å². The van der Waals surface area contributed by atoms with Crippen molar-refractivity contribution in [1.82, 2.24) is 15.0 Å². The molecule has 0 bridgehead atoms. The molecule has 3 saturated heterocycles. The van der Waals surface area contributed by atoms with Gasteiger partial charge in [0.2, 0.25) is 0 Å². The zero-order valence-corrected chi connectivity index (χ0v) is 19.9. The first-order valence-corrected chi connectivity index (χ1v) is 12.6. The van der Waals surface area contributed by atoms with Gasteiger partial charge in [-0.3, -0.25) is 9.80 Å². The third-order valence-electron chi connectivity index (χ3n) is 8.03. The Morgan fingerprint density at radius 1 is 0.912 bits per heavy atom. The van der Waals surface area contributed by atoms with Crippen molar-refractivity contribution in [3.63, 3.8) is 0 Å². The van der Waals surface area contributed by atoms with E-state index in [0.29, 0.717) is 12.0 Å². The summed E-state index contributed by atoms with van der Waals surface area (Å²) in [5.74, 6) is 2.37. The second-order valence-corrected chi connectivity index (χ2v) is 9.94. The highest BCUT2D eigenvalue weighted by Crippen LogP contribution is 2.38. The van der Waals surface area contributed by atoms with Gasteiger partial charge in [-0.15, -0.1) is 0 Å². The lowest BCUT2D eigenvalue weighted by Crippen LogP contribution is -2.65. The SMILES string of the molecule is CC(Oc1ccccc1)(C1CCC2CN(c3noc4ccccc34)CCN2C1)N1CCOCC1. The molecule has 34 heavy (non-hydrogen) atoms. The van der Waals surface area contributed by atoms with Gasteiger partial charge in [-0.1, -0.05) is 35.5 Å². The van der Waals surface area contributed by atoms with E-state index in [0.717, 1.165) is 87.9 Å². The smallest absolute Gasteiger partial charge is 0.180 e. The normalized spacial score (nSPS) is 26.2. The second kappa shape index (κ2) is 9.21. The Bertz CT molecular complexity index is 1100. The average molecular weight is 463 g/mol. The van der Waals surface area contributed by atoms with Crippen LogP contribution < -0.4 is 9.64 Å². The summed E-state index contributed by atoms with van der Waals surface area (Å²) >= 11 is 0. The summed E-state index contributed by atoms with van der Waals surface area (Å²) in [5, 5.41) is 5.52. The number of piperazine rings is 1. The lowest BCUT2D eigenvalue weighted by molar-refractivity contribution is -0.159. The first-order valence-electron chi connectivity index (χ1n) is 12.6. The molecule has 3 atom stereocenters. The number of fused-ring (bicyclic) bond motifs is 2. The molecule has 3 aliphatic rings. The van der Waals surface area contributed by atoms with Crippen molar-refractivity contribution in [2.45, 2.75) is 31.5 Å². The molecule has 0 amide bonds. The largest absolute Gasteiger partial charge is 0.473 e. The van der Waals surface area contributed by atoms with Crippen LogP contribution in [0.3, 0.4) is 0 Å². The van der Waals surface area contributed by atoms with Crippen molar-refractivity contribution in [2.24, 2.45) is 5.92 Å². The van der Waals surface area contributed by atoms with Crippen LogP contribution in [0.1, 0.15) is 19.8 Å². The van der Waals surface area contributed by atoms with Crippen molar-refractivity contribution >= 4 is 16.8 Å². The molecule has 0 radical (unpaired) electrons. The van der Waals surface area contributed by atoms with Gasteiger partial charge >= 0.3 is 0 Å². The maximum atomic E-state index is 6.80. The third kappa shape index (κ3) is 4.06. The molecule has 3 fully saturated rings. The number of morpholine rings is 1. The van der Waals surface area contributed by atoms with Crippen molar-refractivity contribution in [3.05, 3.63) is 54.6 Å². The van der Waals surface area contributed by atoms with Gasteiger partial charge in [0.15, 0.2) is 17.1 Å². The highest BCUT2D eigenvalue weighted by Gasteiger charge is 2.47. The predicted molar refractivity (Wildman–Crippen MR) is 132 cm³/mol. The number of aromatic nitrogens is 1. The molecule has 3 aliphatic heterocycles. The summed E-state index contributed by atoms with van der Waals surface area (Å²) in [4.78, 5) is 7.60. The summed E-state index contributed by atoms with van der Waals surface area (Å²) in [6.45, 7) is 9.72. The van der Waals surface area contributed by atoms with Crippen LogP contribution in [0.5, 0.6) is 5.75 Å². The van der Waals surface area contributed by atoms with Gasteiger partial charge in [0.25, 0.3) is 0 Å². The van der Waals surface area contributed by atoms with E-state index in [1.165, 1.54) is 0 Å². The van der Waals surface area contributed by atoms with Crippen LogP contribution in [0.25, 0.3) is 11.0 Å². The number of ether oxygens (including phenoxy) is 2. The highest BCUT2D eigenvalue weighted by molar-refractivity contribution is 5.88. The number of anilines is 1. The van der Waals surface area contributed by atoms with E-state index in [9.17, 15) is 0 Å². The van der Waals surface area contributed by atoms with E-state index in [1.807, 2.05) is 18.2 Å². The van der Waals surface area contributed by atoms with E-state index in [-0.39, 0.29) is 5.72 Å². The molecular weight excluding hydrogens is 428 g/mol. The lowest BCUT2D eigenvalue weighted by Gasteiger charge is -2.53. The second-order valence-electron chi connectivity index (χ2n) is 9.94. The van der Waals surface area contributed by atoms with Gasteiger partial charge in [0.1, 0.15) is 5.75 Å². The molecule has 0 saturated carbocycles. The van der Waals surface area contributed by atoms with E-state index < -0.39 is 0 Å². The summed E-state index contributed by atoms with van der Waals surface area (Å²) in [6.07, 6.45) is 2.31. The van der Waals surface area contributed by atoms with Gasteiger partial charge in [0, 0.05) is 51.2 Å². The topological polar surface area (TPSA) is 54.2 Å². The number of para-hydroxylation sites is 2. The van der Waals surface area contributed by atoms with E-state index >= 15 is 0 Å². The monoisotopic (exact) mass is 462 g/mol. The Hall–Kier alpha value is -2.61. The molecule has 0 spiro atoms. The quantitative estimate of drug-likeness (QED) is 0.571. The summed E-state index contributed by atoms with van der Waals surface area (Å²) in [5.41, 5.74) is 0.512. The molecular formula is C27H34N4O3. The van der Waals surface area contributed by atoms with Gasteiger partial charge < -0.3 is 18.9 Å². The Morgan fingerprint density at radius 2 is 1.71 bits per heavy atom. The van der Waals surface area contributed by atoms with Crippen LogP contribution >= 0.6 is 0 Å². The zero-order valence-electron chi connectivity index (χ0n) is 19.9. The fourth-order valence-corrected chi connectivity index (χ4v) is 6.05. The minimum absolute atomic E-state index is 0.352. The van der Waals surface area contributed by atoms with Gasteiger partial charge in [-0.25, -0.2) is 0 Å². The standard InChI is InChI=1S/C27H34N4O3/c1-27(31-15-17-32-18-16-31,33-23-7-3-2-4-8-23)21-11-12-22-20-30(14-13-29(22)19-21)26-24-9-5-6-10-25(24)34-28-26/h2-10,21-22H,11-20H2,1H3. The summed E-state index contributed by atoms with van der Waals surface area (Å²) in [7, 11) is 0. The van der Waals surface area contributed by atoms with Gasteiger partial charge in [0.05, 0.1) is 18.6 Å². The van der Waals surface area contributed by atoms with E-state index in [2.05, 4.69) is 63.2 Å². The number of rotatable bonds is 5. The Balaban J connectivity index is 1.19. The third-order valence-corrected chi connectivity index (χ3v) is 8.03. The predicted octanol–water partition coefficient (Wildman–Crippen LogP) is 3.86. The van der Waals surface area contributed by atoms with E-state index in [1.54, 1.807) is 0 Å². The zero-order chi connectivity index (χ0) is 23.0. The molecule has 7 nitrogen and oxygen atoms in total. The van der Waals surface area contributed by atoms with Crippen molar-refractivity contribution < 1.29 is 14.0 Å². The lowest BCUT2D eigenvalue weighted by atomic mass is 9.83. The fraction of sp³-hybridized carbons (Fsp3) is 0.519. The summed E-state index contributed by atoms with van der Waals surface area (Å²) < 4.78 is 18.1. The first kappa shape index (κ1) is 21.9. The molecule has 0 aliphatic carbocycles. The molecule has 7 heteroatoms. The molecule has 1 aromatic heterocycles. The molecule has 0 N–H and O–H groups in total. The molecule has 180 valence electrons. The molecule has 6 rings (SSSR count). The molecule has 3 aromatic rings. The molecule has 2 aromatic carbocycles. The fourth-order valence-electron chi connectivity index (χ4n) is 6.05. The number of hydrogen-bond acceptors (Lipinski definition) is 7. The van der Waals surface area contributed by atoms with Crippen molar-refractivity contribution in [3.8, 4) is 5.75 Å². The molecule has 4 heterocycles. The van der Waals surface area contributed by atoms with Gasteiger partial charge in [-0.2, -0.15) is 0 Å². The number of nitrogens with zero attached hydrogens (tertiary/aromatic N) is 4.